The zero-order valence-corrected chi connectivity index (χ0v) is 21.3. The molecule has 0 amide bonds. The molecule has 12 heteroatoms. The number of aliphatic hydroxyl groups excluding tert-OH is 1. The Labute approximate surface area is 217 Å². The highest BCUT2D eigenvalue weighted by atomic mass is 35.5. The average Bonchev–Trinajstić information content (AvgIpc) is 3.64. The Morgan fingerprint density at radius 1 is 1.08 bits per heavy atom. The van der Waals surface area contributed by atoms with Gasteiger partial charge in [0.2, 0.25) is 5.69 Å². The normalized spacial score (nSPS) is 28.3. The predicted octanol–water partition coefficient (Wildman–Crippen LogP) is 2.51. The van der Waals surface area contributed by atoms with Crippen LogP contribution in [0.2, 0.25) is 5.02 Å². The molecule has 7 rings (SSSR count). The van der Waals surface area contributed by atoms with Crippen molar-refractivity contribution in [1.82, 2.24) is 15.0 Å². The summed E-state index contributed by atoms with van der Waals surface area (Å²) >= 11 is 6.59. The lowest BCUT2D eigenvalue weighted by molar-refractivity contribution is -0.511. The summed E-state index contributed by atoms with van der Waals surface area (Å²) in [4.78, 5) is 12.3. The van der Waals surface area contributed by atoms with Crippen LogP contribution in [0.3, 0.4) is 0 Å². The molecule has 2 saturated heterocycles. The van der Waals surface area contributed by atoms with Crippen molar-refractivity contribution in [3.8, 4) is 28.4 Å². The summed E-state index contributed by atoms with van der Waals surface area (Å²) in [6, 6.07) is 14.0. The van der Waals surface area contributed by atoms with Crippen molar-refractivity contribution in [2.24, 2.45) is 4.36 Å². The fraction of sp³-hybridized carbons (Fsp3) is 0.320. The highest BCUT2D eigenvalue weighted by Gasteiger charge is 2.48. The number of benzene rings is 1. The van der Waals surface area contributed by atoms with Crippen molar-refractivity contribution in [1.29, 1.82) is 0 Å². The number of ether oxygens (including phenoxy) is 3. The van der Waals surface area contributed by atoms with Gasteiger partial charge in [-0.05, 0) is 17.2 Å². The minimum absolute atomic E-state index is 0.233. The predicted molar refractivity (Wildman–Crippen MR) is 135 cm³/mol. The number of pyridine rings is 2. The van der Waals surface area contributed by atoms with Crippen molar-refractivity contribution in [3.63, 3.8) is 0 Å². The maximum absolute atomic E-state index is 12.5. The fourth-order valence-corrected chi connectivity index (χ4v) is 6.66. The second kappa shape index (κ2) is 8.47. The van der Waals surface area contributed by atoms with E-state index in [4.69, 9.17) is 25.8 Å². The van der Waals surface area contributed by atoms with Gasteiger partial charge in [-0.15, -0.1) is 3.97 Å². The molecule has 4 aromatic rings. The number of aromatic amines is 1. The van der Waals surface area contributed by atoms with E-state index in [2.05, 4.69) is 19.3 Å². The zero-order chi connectivity index (χ0) is 25.3. The molecule has 0 bridgehead atoms. The lowest BCUT2D eigenvalue weighted by Crippen LogP contribution is -2.40. The van der Waals surface area contributed by atoms with Gasteiger partial charge in [0.1, 0.15) is 24.9 Å². The number of hydrogen-bond donors (Lipinski definition) is 2. The maximum Gasteiger partial charge on any atom is 0.296 e. The summed E-state index contributed by atoms with van der Waals surface area (Å²) < 4.78 is 35.7. The maximum atomic E-state index is 12.5. The second-order valence-electron chi connectivity index (χ2n) is 9.41. The van der Waals surface area contributed by atoms with E-state index < -0.39 is 16.0 Å². The number of halogens is 1. The first kappa shape index (κ1) is 23.1. The third-order valence-electron chi connectivity index (χ3n) is 6.97. The number of rotatable bonds is 4. The third kappa shape index (κ3) is 3.89. The van der Waals surface area contributed by atoms with E-state index in [1.54, 1.807) is 16.3 Å². The molecule has 2 N–H and O–H groups in total. The number of fused-ring (bicyclic) bond motifs is 3. The lowest BCUT2D eigenvalue weighted by Gasteiger charge is -2.15. The molecule has 0 radical (unpaired) electrons. The number of nitrogens with zero attached hydrogens (tertiary/aromatic N) is 4. The van der Waals surface area contributed by atoms with Gasteiger partial charge in [-0.3, -0.25) is 0 Å². The number of nitrogens with one attached hydrogen (secondary N) is 1. The first-order valence-electron chi connectivity index (χ1n) is 11.8. The monoisotopic (exact) mass is 540 g/mol. The van der Waals surface area contributed by atoms with E-state index in [0.717, 1.165) is 22.4 Å². The van der Waals surface area contributed by atoms with Gasteiger partial charge in [0.05, 0.1) is 35.7 Å². The molecule has 3 aliphatic rings. The van der Waals surface area contributed by atoms with Crippen LogP contribution in [0.1, 0.15) is 5.69 Å². The molecule has 0 spiro atoms. The molecule has 190 valence electrons. The Morgan fingerprint density at radius 3 is 2.70 bits per heavy atom. The Bertz CT molecular complexity index is 1670. The van der Waals surface area contributed by atoms with Gasteiger partial charge in [-0.25, -0.2) is 4.98 Å². The molecule has 10 nitrogen and oxygen atoms in total. The van der Waals surface area contributed by atoms with Crippen LogP contribution < -0.4 is 8.71 Å². The largest absolute Gasteiger partial charge is 0.456 e. The molecule has 1 aromatic carbocycles. The Hall–Kier alpha value is -3.09. The molecule has 3 aromatic heterocycles. The first-order chi connectivity index (χ1) is 17.9. The molecule has 37 heavy (non-hydrogen) atoms. The summed E-state index contributed by atoms with van der Waals surface area (Å²) in [6.07, 6.45) is 1.75. The number of H-pyrrole nitrogens is 1. The van der Waals surface area contributed by atoms with Crippen LogP contribution in [-0.4, -0.2) is 68.2 Å². The van der Waals surface area contributed by atoms with Crippen LogP contribution in [-0.2, 0) is 25.9 Å². The third-order valence-corrected chi connectivity index (χ3v) is 8.95. The molecule has 6 heterocycles. The molecule has 0 aliphatic carbocycles. The van der Waals surface area contributed by atoms with Crippen LogP contribution in [0.15, 0.2) is 53.0 Å². The summed E-state index contributed by atoms with van der Waals surface area (Å²) in [5.74, 6) is 0. The molecule has 5 unspecified atom stereocenters. The van der Waals surface area contributed by atoms with E-state index in [9.17, 15) is 9.32 Å². The summed E-state index contributed by atoms with van der Waals surface area (Å²) in [5, 5.41) is 10.4. The van der Waals surface area contributed by atoms with Gasteiger partial charge in [0.25, 0.3) is 15.9 Å². The molecule has 5 atom stereocenters. The number of hydrogen-bond acceptors (Lipinski definition) is 8. The number of aliphatic hydroxyl groups is 1. The summed E-state index contributed by atoms with van der Waals surface area (Å²) in [6.45, 7) is 0.987. The van der Waals surface area contributed by atoms with E-state index in [0.29, 0.717) is 41.0 Å². The summed E-state index contributed by atoms with van der Waals surface area (Å²) in [5.41, 5.74) is 5.55. The Kier molecular flexibility index (Phi) is 5.28. The molecular weight excluding hydrogens is 518 g/mol. The van der Waals surface area contributed by atoms with Crippen LogP contribution in [0, 0.1) is 0 Å². The van der Waals surface area contributed by atoms with E-state index >= 15 is 0 Å². The molecule has 2 fully saturated rings. The lowest BCUT2D eigenvalue weighted by atomic mass is 10.0. The van der Waals surface area contributed by atoms with Crippen molar-refractivity contribution >= 4 is 32.7 Å². The Balaban J connectivity index is 1.14. The van der Waals surface area contributed by atoms with Crippen LogP contribution in [0.25, 0.3) is 33.5 Å². The average molecular weight is 541 g/mol. The highest BCUT2D eigenvalue weighted by Crippen LogP contribution is 2.33. The van der Waals surface area contributed by atoms with Crippen molar-refractivity contribution in [2.75, 3.05) is 19.5 Å². The number of imidazole rings is 1. The standard InChI is InChI=1S/C25H22ClN5O5S/c1-37(33)27-10-16-8-15(6-7-31(16)37)13-2-4-14(5-3-13)21-17(26)9-18-24(29-21)30-25(28-18)36-20-12-35-22-19(32)11-34-23(20)22/h2-9,19-20,22-23,32H,10-12H2,1H3/p+1. The van der Waals surface area contributed by atoms with Gasteiger partial charge in [-0.2, -0.15) is 13.6 Å². The van der Waals surface area contributed by atoms with Crippen LogP contribution >= 0.6 is 11.6 Å². The molecular formula is C25H23ClN5O5S+. The highest BCUT2D eigenvalue weighted by molar-refractivity contribution is 7.86. The minimum Gasteiger partial charge on any atom is -0.456 e. The van der Waals surface area contributed by atoms with Crippen molar-refractivity contribution in [3.05, 3.63) is 59.4 Å². The van der Waals surface area contributed by atoms with Crippen LogP contribution in [0.4, 0.5) is 0 Å². The van der Waals surface area contributed by atoms with E-state index in [1.807, 2.05) is 42.6 Å². The van der Waals surface area contributed by atoms with Gasteiger partial charge in [-0.1, -0.05) is 35.9 Å². The number of aromatic nitrogens is 4. The first-order valence-corrected chi connectivity index (χ1v) is 14.1. The van der Waals surface area contributed by atoms with Gasteiger partial charge in [0, 0.05) is 17.7 Å². The van der Waals surface area contributed by atoms with Gasteiger partial charge < -0.3 is 24.3 Å². The fourth-order valence-electron chi connectivity index (χ4n) is 5.07. The quantitative estimate of drug-likeness (QED) is 0.381. The Morgan fingerprint density at radius 2 is 1.86 bits per heavy atom. The molecule has 0 saturated carbocycles. The van der Waals surface area contributed by atoms with E-state index in [1.165, 1.54) is 0 Å². The summed E-state index contributed by atoms with van der Waals surface area (Å²) in [7, 11) is -2.35. The second-order valence-corrected chi connectivity index (χ2v) is 12.0. The molecule has 3 aliphatic heterocycles. The van der Waals surface area contributed by atoms with E-state index in [-0.39, 0.29) is 24.9 Å². The topological polar surface area (TPSA) is 123 Å². The zero-order valence-electron chi connectivity index (χ0n) is 19.7. The van der Waals surface area contributed by atoms with Crippen molar-refractivity contribution in [2.45, 2.75) is 31.0 Å². The van der Waals surface area contributed by atoms with Crippen LogP contribution in [0.5, 0.6) is 6.01 Å². The van der Waals surface area contributed by atoms with Gasteiger partial charge in [0.15, 0.2) is 17.9 Å². The van der Waals surface area contributed by atoms with Gasteiger partial charge >= 0.3 is 0 Å². The SMILES string of the molecule is CS1(=O)=NCc2cc(-c3ccc(-c4nc5nc(OC6COC7C(O)COC67)[nH]c5cc4Cl)cc3)cc[n+]21. The minimum atomic E-state index is -2.35. The van der Waals surface area contributed by atoms with Crippen molar-refractivity contribution < 1.29 is 27.5 Å². The smallest absolute Gasteiger partial charge is 0.296 e.